The molecule has 0 atom stereocenters. The van der Waals surface area contributed by atoms with Crippen molar-refractivity contribution in [1.29, 1.82) is 0 Å². The minimum absolute atomic E-state index is 0. The Hall–Kier alpha value is -3.11. The van der Waals surface area contributed by atoms with Gasteiger partial charge in [0.25, 0.3) is 0 Å². The second-order valence-electron chi connectivity index (χ2n) is 16.3. The molecule has 0 aliphatic heterocycles. The van der Waals surface area contributed by atoms with Gasteiger partial charge in [-0.05, 0) is 77.1 Å². The van der Waals surface area contributed by atoms with Gasteiger partial charge in [0.2, 0.25) is 0 Å². The molecule has 1 aliphatic carbocycles. The van der Waals surface area contributed by atoms with E-state index in [0.717, 1.165) is 48.7 Å². The quantitative estimate of drug-likeness (QED) is 0.0863. The van der Waals surface area contributed by atoms with E-state index in [1.807, 2.05) is 45.2 Å². The zero-order valence-corrected chi connectivity index (χ0v) is 36.4. The van der Waals surface area contributed by atoms with Gasteiger partial charge in [-0.3, -0.25) is 9.78 Å². The van der Waals surface area contributed by atoms with Gasteiger partial charge < -0.3 is 5.11 Å². The smallest absolute Gasteiger partial charge is 0.162 e. The van der Waals surface area contributed by atoms with Crippen LogP contribution in [0.3, 0.4) is 0 Å². The average Bonchev–Trinajstić information content (AvgIpc) is 3.58. The Morgan fingerprint density at radius 2 is 1.58 bits per heavy atom. The topological polar surface area (TPSA) is 50.2 Å². The third kappa shape index (κ3) is 8.33. The minimum atomic E-state index is -0.0262. The zero-order chi connectivity index (χ0) is 37.2. The van der Waals surface area contributed by atoms with Crippen LogP contribution in [0.5, 0.6) is 0 Å². The number of thiophene rings is 1. The minimum Gasteiger partial charge on any atom is -0.512 e. The number of rotatable bonds is 10. The molecule has 0 fully saturated rings. The number of aliphatic hydroxyl groups excluding tert-OH is 1. The summed E-state index contributed by atoms with van der Waals surface area (Å²) in [7, 11) is 0. The van der Waals surface area contributed by atoms with E-state index in [4.69, 9.17) is 4.98 Å². The van der Waals surface area contributed by atoms with Crippen LogP contribution in [-0.2, 0) is 42.2 Å². The molecule has 1 N–H and O–H groups in total. The van der Waals surface area contributed by atoms with Gasteiger partial charge in [-0.15, -0.1) is 40.5 Å². The van der Waals surface area contributed by atoms with Crippen molar-refractivity contribution in [2.24, 2.45) is 17.8 Å². The summed E-state index contributed by atoms with van der Waals surface area (Å²) < 4.78 is 1.28. The number of fused-ring (bicyclic) bond motifs is 6. The predicted molar refractivity (Wildman–Crippen MR) is 220 cm³/mol. The second-order valence-corrected chi connectivity index (χ2v) is 17.4. The van der Waals surface area contributed by atoms with E-state index >= 15 is 0 Å². The molecule has 0 unspecified atom stereocenters. The van der Waals surface area contributed by atoms with Gasteiger partial charge in [0.15, 0.2) is 5.78 Å². The third-order valence-electron chi connectivity index (χ3n) is 10.8. The molecule has 1 aliphatic rings. The number of benzene rings is 3. The van der Waals surface area contributed by atoms with Gasteiger partial charge in [0, 0.05) is 64.9 Å². The van der Waals surface area contributed by atoms with Crippen LogP contribution in [0, 0.1) is 23.8 Å². The number of aromatic nitrogens is 1. The summed E-state index contributed by atoms with van der Waals surface area (Å²) in [5.41, 5.74) is 9.25. The maximum absolute atomic E-state index is 11.7. The van der Waals surface area contributed by atoms with Gasteiger partial charge in [0.1, 0.15) is 0 Å². The van der Waals surface area contributed by atoms with Crippen molar-refractivity contribution >= 4 is 38.0 Å². The molecule has 0 spiro atoms. The predicted octanol–water partition coefficient (Wildman–Crippen LogP) is 13.6. The van der Waals surface area contributed by atoms with Gasteiger partial charge in [0.05, 0.1) is 5.76 Å². The Balaban J connectivity index is 0.000000323. The van der Waals surface area contributed by atoms with Crippen LogP contribution >= 0.6 is 11.3 Å². The first-order valence-electron chi connectivity index (χ1n) is 19.1. The molecule has 0 saturated carbocycles. The molecule has 3 aromatic carbocycles. The van der Waals surface area contributed by atoms with Crippen LogP contribution in [0.2, 0.25) is 0 Å². The van der Waals surface area contributed by atoms with Crippen molar-refractivity contribution in [2.75, 3.05) is 0 Å². The fraction of sp³-hybridized carbons (Fsp3) is 0.447. The normalized spacial score (nSPS) is 13.7. The van der Waals surface area contributed by atoms with E-state index in [2.05, 4.69) is 109 Å². The van der Waals surface area contributed by atoms with E-state index in [1.54, 1.807) is 0 Å². The monoisotopic (exact) mass is 893 g/mol. The molecule has 52 heavy (non-hydrogen) atoms. The van der Waals surface area contributed by atoms with Gasteiger partial charge in [-0.2, -0.15) is 0 Å². The van der Waals surface area contributed by atoms with E-state index in [0.29, 0.717) is 5.92 Å². The van der Waals surface area contributed by atoms with Crippen LogP contribution in [0.1, 0.15) is 124 Å². The van der Waals surface area contributed by atoms with Crippen LogP contribution in [0.15, 0.2) is 72.6 Å². The van der Waals surface area contributed by atoms with E-state index in [9.17, 15) is 9.90 Å². The van der Waals surface area contributed by atoms with Crippen molar-refractivity contribution in [3.8, 4) is 21.7 Å². The fourth-order valence-electron chi connectivity index (χ4n) is 7.84. The van der Waals surface area contributed by atoms with Crippen molar-refractivity contribution < 1.29 is 30.0 Å². The van der Waals surface area contributed by atoms with Crippen molar-refractivity contribution in [3.63, 3.8) is 0 Å². The molecule has 2 aromatic heterocycles. The summed E-state index contributed by atoms with van der Waals surface area (Å²) >= 11 is 1.92. The molecular formula is C47H58IrNO2S-. The molecule has 3 nitrogen and oxygen atoms in total. The summed E-state index contributed by atoms with van der Waals surface area (Å²) in [6, 6.07) is 24.1. The first-order chi connectivity index (χ1) is 24.2. The van der Waals surface area contributed by atoms with E-state index in [-0.39, 0.29) is 54.3 Å². The van der Waals surface area contributed by atoms with Gasteiger partial charge >= 0.3 is 0 Å². The van der Waals surface area contributed by atoms with Crippen LogP contribution in [0.25, 0.3) is 42.6 Å². The standard InChI is InChI=1S/C34H34NS.C13H24O2.Ir/c1-20(2)16-21-12-13-27-26(17-21)31-29(34(27,6)7)25-14-15-35-30(32(25)36-31)23-18-22-10-8-9-11-24(22)28(19-23)33(3,4)5;1-5-10(6-2)12(14)9-13(15)11(7-3)8-4;/h8-15,17,19-20H,16H2,1-7H3;9-11,14H,5-8H2,1-4H3;/q-1;;/b;12-9-;. The first kappa shape index (κ1) is 41.6. The van der Waals surface area contributed by atoms with Crippen LogP contribution in [-0.4, -0.2) is 15.9 Å². The Morgan fingerprint density at radius 1 is 0.923 bits per heavy atom. The zero-order valence-electron chi connectivity index (χ0n) is 33.2. The largest absolute Gasteiger partial charge is 0.512 e. The molecule has 2 heterocycles. The number of aliphatic hydroxyl groups is 1. The number of hydrogen-bond acceptors (Lipinski definition) is 4. The first-order valence-corrected chi connectivity index (χ1v) is 19.9. The SMILES string of the molecule is CC(C)Cc1ccc2c(c1)-c1sc3c(-c4[c-]c5ccccc5c(C(C)(C)C)c4)nccc3c1C2(C)C.CCC(CC)C(=O)/C=C(\O)C(CC)CC.[Ir]. The van der Waals surface area contributed by atoms with Gasteiger partial charge in [-0.25, -0.2) is 0 Å². The maximum Gasteiger partial charge on any atom is 0.162 e. The molecule has 0 saturated heterocycles. The number of hydrogen-bond donors (Lipinski definition) is 1. The van der Waals surface area contributed by atoms with E-state index in [1.165, 1.54) is 54.2 Å². The summed E-state index contributed by atoms with van der Waals surface area (Å²) in [4.78, 5) is 18.1. The van der Waals surface area contributed by atoms with Crippen molar-refractivity contribution in [3.05, 3.63) is 101 Å². The molecule has 5 aromatic rings. The molecule has 1 radical (unpaired) electrons. The van der Waals surface area contributed by atoms with Crippen LogP contribution < -0.4 is 0 Å². The summed E-state index contributed by atoms with van der Waals surface area (Å²) in [6.07, 6.45) is 8.01. The summed E-state index contributed by atoms with van der Waals surface area (Å²) in [5, 5.41) is 13.5. The Labute approximate surface area is 330 Å². The average molecular weight is 893 g/mol. The molecule has 0 bridgehead atoms. The third-order valence-corrected chi connectivity index (χ3v) is 12.0. The molecule has 279 valence electrons. The maximum atomic E-state index is 11.7. The molecule has 5 heteroatoms. The number of carbonyl (C=O) groups is 1. The number of pyridine rings is 1. The summed E-state index contributed by atoms with van der Waals surface area (Å²) in [6.45, 7) is 24.3. The van der Waals surface area contributed by atoms with Gasteiger partial charge in [-0.1, -0.05) is 124 Å². The van der Waals surface area contributed by atoms with Crippen LogP contribution in [0.4, 0.5) is 0 Å². The van der Waals surface area contributed by atoms with Crippen molar-refractivity contribution in [1.82, 2.24) is 4.98 Å². The fourth-order valence-corrected chi connectivity index (χ4v) is 9.33. The van der Waals surface area contributed by atoms with E-state index < -0.39 is 0 Å². The Kier molecular flexibility index (Phi) is 13.5. The van der Waals surface area contributed by atoms with Crippen molar-refractivity contribution in [2.45, 2.75) is 119 Å². The summed E-state index contributed by atoms with van der Waals surface area (Å²) in [5.74, 6) is 1.20. The number of carbonyl (C=O) groups excluding carboxylic acids is 1. The molecule has 6 rings (SSSR count). The Morgan fingerprint density at radius 3 is 2.19 bits per heavy atom. The molecular weight excluding hydrogens is 835 g/mol. The Bertz CT molecular complexity index is 2050. The number of allylic oxidation sites excluding steroid dienone is 2. The number of nitrogens with zero attached hydrogens (tertiary/aromatic N) is 1. The number of ketones is 1. The molecule has 0 amide bonds. The second kappa shape index (κ2) is 16.9.